The first-order valence-corrected chi connectivity index (χ1v) is 15.4. The Morgan fingerprint density at radius 2 is 1.04 bits per heavy atom. The molecule has 18 nitrogen and oxygen atoms in total. The van der Waals surface area contributed by atoms with E-state index in [0.29, 0.717) is 22.6 Å². The zero-order valence-corrected chi connectivity index (χ0v) is 28.1. The zero-order valence-electron chi connectivity index (χ0n) is 28.1. The maximum atomic E-state index is 13.6. The number of carbonyl (C=O) groups is 6. The second-order valence-corrected chi connectivity index (χ2v) is 10.1. The summed E-state index contributed by atoms with van der Waals surface area (Å²) in [6, 6.07) is 12.5. The Bertz CT molecular complexity index is 1440. The summed E-state index contributed by atoms with van der Waals surface area (Å²) in [5.74, 6) is -5.57. The molecule has 0 aliphatic rings. The number of hydrogen-bond donors (Lipinski definition) is 7. The van der Waals surface area contributed by atoms with Crippen molar-refractivity contribution in [2.45, 2.75) is 6.42 Å². The van der Waals surface area contributed by atoms with Crippen LogP contribution in [0.5, 0.6) is 11.5 Å². The molecule has 18 heteroatoms. The van der Waals surface area contributed by atoms with Gasteiger partial charge in [-0.25, -0.2) is 10.9 Å². The fourth-order valence-electron chi connectivity index (χ4n) is 3.90. The number of rotatable bonds is 20. The summed E-state index contributed by atoms with van der Waals surface area (Å²) in [5, 5.41) is 23.0. The van der Waals surface area contributed by atoms with Crippen LogP contribution < -0.4 is 36.7 Å². The number of benzene rings is 2. The van der Waals surface area contributed by atoms with Crippen molar-refractivity contribution in [3.63, 3.8) is 0 Å². The van der Waals surface area contributed by atoms with Gasteiger partial charge in [-0.15, -0.1) is 0 Å². The van der Waals surface area contributed by atoms with Crippen LogP contribution in [0.15, 0.2) is 59.7 Å². The summed E-state index contributed by atoms with van der Waals surface area (Å²) in [6.07, 6.45) is 1.40. The van der Waals surface area contributed by atoms with Crippen LogP contribution in [0.3, 0.4) is 0 Å². The van der Waals surface area contributed by atoms with Gasteiger partial charge in [-0.3, -0.25) is 28.8 Å². The van der Waals surface area contributed by atoms with Crippen molar-refractivity contribution >= 4 is 47.6 Å². The Labute approximate surface area is 293 Å². The Kier molecular flexibility index (Phi) is 18.4. The van der Waals surface area contributed by atoms with Crippen molar-refractivity contribution in [2.75, 3.05) is 67.0 Å². The fourth-order valence-corrected chi connectivity index (χ4v) is 3.90. The van der Waals surface area contributed by atoms with E-state index < -0.39 is 53.0 Å². The molecule has 0 saturated heterocycles. The SMILES string of the molecule is COc1ccc(C=C(C(=O)NCCOCCO)C(=O)NN(NC(=O)C(=Cc2ccc(OC)cc2)C(=O)NCCOCCO)C(=O)CC(N)=O)cc1. The van der Waals surface area contributed by atoms with Gasteiger partial charge < -0.3 is 45.5 Å². The first-order chi connectivity index (χ1) is 24.5. The molecule has 0 spiro atoms. The summed E-state index contributed by atoms with van der Waals surface area (Å²) < 4.78 is 20.5. The summed E-state index contributed by atoms with van der Waals surface area (Å²) in [4.78, 5) is 78.3. The molecule has 0 heterocycles. The van der Waals surface area contributed by atoms with Crippen molar-refractivity contribution in [1.29, 1.82) is 0 Å². The van der Waals surface area contributed by atoms with Crippen LogP contribution in [0.4, 0.5) is 0 Å². The van der Waals surface area contributed by atoms with Gasteiger partial charge in [-0.05, 0) is 47.5 Å². The van der Waals surface area contributed by atoms with E-state index in [-0.39, 0.29) is 57.8 Å². The molecule has 0 aliphatic heterocycles. The number of methoxy groups -OCH3 is 2. The number of primary amides is 1. The van der Waals surface area contributed by atoms with Gasteiger partial charge in [-0.1, -0.05) is 24.3 Å². The van der Waals surface area contributed by atoms with Gasteiger partial charge in [0.25, 0.3) is 29.5 Å². The number of amides is 6. The molecule has 0 bridgehead atoms. The number of hydrazine groups is 2. The molecule has 0 atom stereocenters. The molecule has 2 rings (SSSR count). The van der Waals surface area contributed by atoms with Crippen LogP contribution in [0, 0.1) is 0 Å². The molecule has 0 aromatic heterocycles. The highest BCUT2D eigenvalue weighted by Gasteiger charge is 2.28. The average Bonchev–Trinajstić information content (AvgIpc) is 3.12. The molecule has 0 aliphatic carbocycles. The van der Waals surface area contributed by atoms with Gasteiger partial charge in [0.2, 0.25) is 5.91 Å². The summed E-state index contributed by atoms with van der Waals surface area (Å²) in [7, 11) is 2.91. The molecule has 8 N–H and O–H groups in total. The van der Waals surface area contributed by atoms with Crippen molar-refractivity contribution in [3.8, 4) is 11.5 Å². The lowest BCUT2D eigenvalue weighted by Gasteiger charge is -2.24. The Morgan fingerprint density at radius 3 is 1.37 bits per heavy atom. The van der Waals surface area contributed by atoms with Crippen LogP contribution in [-0.2, 0) is 38.2 Å². The molecule has 276 valence electrons. The van der Waals surface area contributed by atoms with Gasteiger partial charge in [-0.2, -0.15) is 5.12 Å². The normalized spacial score (nSPS) is 11.2. The highest BCUT2D eigenvalue weighted by molar-refractivity contribution is 6.23. The maximum Gasteiger partial charge on any atom is 0.277 e. The smallest absolute Gasteiger partial charge is 0.277 e. The molecule has 2 aromatic carbocycles. The van der Waals surface area contributed by atoms with Gasteiger partial charge in [0.1, 0.15) is 29.1 Å². The van der Waals surface area contributed by atoms with Crippen molar-refractivity contribution in [1.82, 2.24) is 26.6 Å². The summed E-state index contributed by atoms with van der Waals surface area (Å²) >= 11 is 0. The van der Waals surface area contributed by atoms with E-state index >= 15 is 0 Å². The second kappa shape index (κ2) is 22.7. The number of nitrogens with one attached hydrogen (secondary N) is 4. The molecule has 6 amide bonds. The number of carbonyl (C=O) groups excluding carboxylic acids is 6. The van der Waals surface area contributed by atoms with Gasteiger partial charge in [0, 0.05) is 13.1 Å². The minimum atomic E-state index is -1.22. The second-order valence-electron chi connectivity index (χ2n) is 10.1. The standard InChI is InChI=1S/C33H42N6O12/c1-48-24-7-3-22(4-8-24)19-26(30(44)35-11-15-50-17-13-40)32(46)37-39(29(43)21-28(34)42)38-33(47)27(31(45)36-12-16-51-18-14-41)20-23-5-9-25(49-2)10-6-23/h3-10,19-20,40-41H,11-18,21H2,1-2H3,(H2,34,42)(H,35,44)(H,36,45)(H,37,46)(H,38,47). The van der Waals surface area contributed by atoms with E-state index in [9.17, 15) is 28.8 Å². The van der Waals surface area contributed by atoms with E-state index in [0.717, 1.165) is 0 Å². The van der Waals surface area contributed by atoms with Crippen molar-refractivity contribution in [2.24, 2.45) is 5.73 Å². The van der Waals surface area contributed by atoms with Crippen LogP contribution in [-0.4, -0.2) is 118 Å². The van der Waals surface area contributed by atoms with Gasteiger partial charge in [0.15, 0.2) is 0 Å². The number of nitrogens with two attached hydrogens (primary N) is 1. The van der Waals surface area contributed by atoms with Crippen LogP contribution in [0.25, 0.3) is 12.2 Å². The number of ether oxygens (including phenoxy) is 4. The molecule has 51 heavy (non-hydrogen) atoms. The van der Waals surface area contributed by atoms with Crippen LogP contribution in [0.1, 0.15) is 17.5 Å². The third-order valence-electron chi connectivity index (χ3n) is 6.37. The van der Waals surface area contributed by atoms with E-state index in [2.05, 4.69) is 21.5 Å². The molecule has 0 unspecified atom stereocenters. The predicted octanol–water partition coefficient (Wildman–Crippen LogP) is -1.81. The predicted molar refractivity (Wildman–Crippen MR) is 181 cm³/mol. The maximum absolute atomic E-state index is 13.6. The number of nitrogens with zero attached hydrogens (tertiary/aromatic N) is 1. The minimum absolute atomic E-state index is 0.00193. The Hall–Kier alpha value is -5.82. The highest BCUT2D eigenvalue weighted by Crippen LogP contribution is 2.16. The van der Waals surface area contributed by atoms with Gasteiger partial charge in [0.05, 0.1) is 53.9 Å². The fraction of sp³-hybridized carbons (Fsp3) is 0.333. The lowest BCUT2D eigenvalue weighted by atomic mass is 10.1. The van der Waals surface area contributed by atoms with Crippen molar-refractivity contribution in [3.05, 3.63) is 70.8 Å². The lowest BCUT2D eigenvalue weighted by molar-refractivity contribution is -0.150. The summed E-state index contributed by atoms with van der Waals surface area (Å²) in [5.41, 5.74) is 9.06. The molecule has 2 aromatic rings. The van der Waals surface area contributed by atoms with E-state index in [1.807, 2.05) is 0 Å². The highest BCUT2D eigenvalue weighted by atomic mass is 16.5. The Morgan fingerprint density at radius 1 is 0.647 bits per heavy atom. The van der Waals surface area contributed by atoms with Crippen molar-refractivity contribution < 1.29 is 57.9 Å². The molecular weight excluding hydrogens is 672 g/mol. The van der Waals surface area contributed by atoms with E-state index in [1.54, 1.807) is 48.5 Å². The quantitative estimate of drug-likeness (QED) is 0.0263. The largest absolute Gasteiger partial charge is 0.497 e. The monoisotopic (exact) mass is 714 g/mol. The number of aliphatic hydroxyl groups is 2. The van der Waals surface area contributed by atoms with E-state index in [4.69, 9.17) is 34.9 Å². The third-order valence-corrected chi connectivity index (χ3v) is 6.37. The topological polar surface area (TPSA) is 257 Å². The zero-order chi connectivity index (χ0) is 37.6. The summed E-state index contributed by atoms with van der Waals surface area (Å²) in [6.45, 7) is -0.559. The van der Waals surface area contributed by atoms with E-state index in [1.165, 1.54) is 26.4 Å². The van der Waals surface area contributed by atoms with Gasteiger partial charge >= 0.3 is 0 Å². The molecule has 0 radical (unpaired) electrons. The average molecular weight is 715 g/mol. The van der Waals surface area contributed by atoms with Crippen LogP contribution >= 0.6 is 0 Å². The number of hydrogen-bond acceptors (Lipinski definition) is 12. The Balaban J connectivity index is 2.44. The first kappa shape index (κ1) is 41.4. The number of aliphatic hydroxyl groups excluding tert-OH is 2. The molecule has 0 saturated carbocycles. The first-order valence-electron chi connectivity index (χ1n) is 15.4. The third kappa shape index (κ3) is 15.1. The molecule has 0 fully saturated rings. The van der Waals surface area contributed by atoms with Crippen LogP contribution in [0.2, 0.25) is 0 Å². The molecular formula is C33H42N6O12. The minimum Gasteiger partial charge on any atom is -0.497 e. The lowest BCUT2D eigenvalue weighted by Crippen LogP contribution is -2.58.